The maximum atomic E-state index is 14.9. The number of ether oxygens (including phenoxy) is 1. The Labute approximate surface area is 186 Å². The third-order valence-electron chi connectivity index (χ3n) is 5.16. The molecule has 3 nitrogen and oxygen atoms in total. The Morgan fingerprint density at radius 2 is 1.77 bits per heavy atom. The number of H-pyrrole nitrogens is 1. The zero-order chi connectivity index (χ0) is 22.0. The first-order chi connectivity index (χ1) is 15.0. The van der Waals surface area contributed by atoms with E-state index in [0.29, 0.717) is 17.0 Å². The van der Waals surface area contributed by atoms with E-state index in [9.17, 15) is 4.39 Å². The van der Waals surface area contributed by atoms with E-state index in [1.54, 1.807) is 18.3 Å². The molecule has 0 aliphatic rings. The van der Waals surface area contributed by atoms with Gasteiger partial charge in [0.05, 0.1) is 17.8 Å². The van der Waals surface area contributed by atoms with Crippen LogP contribution in [-0.4, -0.2) is 16.3 Å². The molecule has 1 aromatic heterocycles. The molecule has 1 heterocycles. The van der Waals surface area contributed by atoms with Crippen molar-refractivity contribution in [3.05, 3.63) is 94.4 Å². The zero-order valence-corrected chi connectivity index (χ0v) is 18.5. The lowest BCUT2D eigenvalue weighted by atomic mass is 9.87. The molecule has 0 spiro atoms. The number of nitrogens with zero attached hydrogens (tertiary/aromatic N) is 1. The van der Waals surface area contributed by atoms with Gasteiger partial charge in [-0.05, 0) is 78.9 Å². The molecule has 3 aromatic carbocycles. The molecule has 1 N–H and O–H groups in total. The van der Waals surface area contributed by atoms with Crippen molar-refractivity contribution in [2.45, 2.75) is 33.3 Å². The number of hydrogen-bond donors (Lipinski definition) is 1. The van der Waals surface area contributed by atoms with Crippen LogP contribution in [0.4, 0.5) is 4.39 Å². The van der Waals surface area contributed by atoms with Gasteiger partial charge in [-0.15, -0.1) is 0 Å². The fourth-order valence-corrected chi connectivity index (χ4v) is 3.98. The molecular formula is C26H24ClFN2O. The predicted octanol–water partition coefficient (Wildman–Crippen LogP) is 7.51. The summed E-state index contributed by atoms with van der Waals surface area (Å²) in [6.07, 6.45) is 2.55. The third kappa shape index (κ3) is 4.49. The number of hydrogen-bond acceptors (Lipinski definition) is 2. The predicted molar refractivity (Wildman–Crippen MR) is 126 cm³/mol. The van der Waals surface area contributed by atoms with Gasteiger partial charge in [0.2, 0.25) is 0 Å². The van der Waals surface area contributed by atoms with Crippen molar-refractivity contribution >= 4 is 33.7 Å². The molecule has 0 amide bonds. The molecule has 0 unspecified atom stereocenters. The van der Waals surface area contributed by atoms with E-state index in [4.69, 9.17) is 16.3 Å². The average Bonchev–Trinajstić information content (AvgIpc) is 3.21. The number of allylic oxidation sites excluding steroid dienone is 1. The van der Waals surface area contributed by atoms with Crippen molar-refractivity contribution in [2.24, 2.45) is 0 Å². The topological polar surface area (TPSA) is 37.9 Å². The number of aromatic amines is 1. The SMILES string of the molecule is CC/C(=C(/c1ccc(OC(C)C)cc1)c1ccc2[nH]ncc2c1)c1ccc(Cl)cc1F. The summed E-state index contributed by atoms with van der Waals surface area (Å²) >= 11 is 6.01. The van der Waals surface area contributed by atoms with Gasteiger partial charge in [-0.3, -0.25) is 5.10 Å². The highest BCUT2D eigenvalue weighted by molar-refractivity contribution is 6.30. The number of rotatable bonds is 6. The van der Waals surface area contributed by atoms with Crippen molar-refractivity contribution in [3.63, 3.8) is 0 Å². The molecule has 0 aliphatic heterocycles. The van der Waals surface area contributed by atoms with Crippen LogP contribution < -0.4 is 4.74 Å². The molecule has 0 aliphatic carbocycles. The molecule has 0 radical (unpaired) electrons. The molecule has 0 saturated heterocycles. The summed E-state index contributed by atoms with van der Waals surface area (Å²) in [6.45, 7) is 6.03. The van der Waals surface area contributed by atoms with E-state index in [1.165, 1.54) is 6.07 Å². The summed E-state index contributed by atoms with van der Waals surface area (Å²) in [7, 11) is 0. The fraction of sp³-hybridized carbons (Fsp3) is 0.192. The second-order valence-electron chi connectivity index (χ2n) is 7.69. The summed E-state index contributed by atoms with van der Waals surface area (Å²) in [5.74, 6) is 0.477. The fourth-order valence-electron chi connectivity index (χ4n) is 3.82. The van der Waals surface area contributed by atoms with E-state index in [1.807, 2.05) is 57.2 Å². The van der Waals surface area contributed by atoms with Crippen LogP contribution in [0.2, 0.25) is 5.02 Å². The van der Waals surface area contributed by atoms with Crippen LogP contribution in [0, 0.1) is 5.82 Å². The molecule has 4 aromatic rings. The monoisotopic (exact) mass is 434 g/mol. The lowest BCUT2D eigenvalue weighted by molar-refractivity contribution is 0.242. The molecule has 0 fully saturated rings. The van der Waals surface area contributed by atoms with E-state index < -0.39 is 0 Å². The second kappa shape index (κ2) is 8.94. The van der Waals surface area contributed by atoms with Crippen molar-refractivity contribution in [1.29, 1.82) is 0 Å². The Kier molecular flexibility index (Phi) is 6.10. The number of nitrogens with one attached hydrogen (secondary N) is 1. The van der Waals surface area contributed by atoms with Gasteiger partial charge in [0.25, 0.3) is 0 Å². The summed E-state index contributed by atoms with van der Waals surface area (Å²) in [5, 5.41) is 8.50. The van der Waals surface area contributed by atoms with Crippen LogP contribution >= 0.6 is 11.6 Å². The standard InChI is InChI=1S/C26H24ClFN2O/c1-4-22(23-11-8-20(27)14-24(23)28)26(17-5-9-21(10-6-17)31-16(2)3)18-7-12-25-19(13-18)15-29-30-25/h5-16H,4H2,1-3H3,(H,29,30)/b26-22+. The molecule has 0 bridgehead atoms. The first-order valence-electron chi connectivity index (χ1n) is 10.4. The lowest BCUT2D eigenvalue weighted by Gasteiger charge is -2.18. The van der Waals surface area contributed by atoms with Crippen molar-refractivity contribution in [1.82, 2.24) is 10.2 Å². The van der Waals surface area contributed by atoms with Crippen LogP contribution in [0.3, 0.4) is 0 Å². The lowest BCUT2D eigenvalue weighted by Crippen LogP contribution is -2.05. The first-order valence-corrected chi connectivity index (χ1v) is 10.7. The van der Waals surface area contributed by atoms with Gasteiger partial charge >= 0.3 is 0 Å². The van der Waals surface area contributed by atoms with E-state index in [0.717, 1.165) is 38.9 Å². The normalized spacial score (nSPS) is 12.3. The minimum atomic E-state index is -0.328. The van der Waals surface area contributed by atoms with Crippen molar-refractivity contribution < 1.29 is 9.13 Å². The quantitative estimate of drug-likeness (QED) is 0.319. The Morgan fingerprint density at radius 3 is 2.45 bits per heavy atom. The summed E-state index contributed by atoms with van der Waals surface area (Å²) in [4.78, 5) is 0. The van der Waals surface area contributed by atoms with Gasteiger partial charge in [-0.1, -0.05) is 42.8 Å². The van der Waals surface area contributed by atoms with Gasteiger partial charge in [-0.2, -0.15) is 5.10 Å². The van der Waals surface area contributed by atoms with Crippen LogP contribution in [0.5, 0.6) is 5.75 Å². The highest BCUT2D eigenvalue weighted by atomic mass is 35.5. The zero-order valence-electron chi connectivity index (χ0n) is 17.7. The van der Waals surface area contributed by atoms with Crippen molar-refractivity contribution in [2.75, 3.05) is 0 Å². The highest BCUT2D eigenvalue weighted by Crippen LogP contribution is 2.37. The maximum absolute atomic E-state index is 14.9. The molecular weight excluding hydrogens is 411 g/mol. The molecule has 158 valence electrons. The second-order valence-corrected chi connectivity index (χ2v) is 8.13. The Balaban J connectivity index is 1.94. The molecule has 4 rings (SSSR count). The Bertz CT molecular complexity index is 1240. The number of benzene rings is 3. The van der Waals surface area contributed by atoms with Gasteiger partial charge in [-0.25, -0.2) is 4.39 Å². The largest absolute Gasteiger partial charge is 0.491 e. The van der Waals surface area contributed by atoms with Gasteiger partial charge in [0.1, 0.15) is 11.6 Å². The maximum Gasteiger partial charge on any atom is 0.132 e. The van der Waals surface area contributed by atoms with E-state index in [-0.39, 0.29) is 11.9 Å². The van der Waals surface area contributed by atoms with Crippen molar-refractivity contribution in [3.8, 4) is 5.75 Å². The average molecular weight is 435 g/mol. The van der Waals surface area contributed by atoms with Crippen LogP contribution in [-0.2, 0) is 0 Å². The minimum Gasteiger partial charge on any atom is -0.491 e. The highest BCUT2D eigenvalue weighted by Gasteiger charge is 2.17. The first kappa shape index (κ1) is 21.1. The summed E-state index contributed by atoms with van der Waals surface area (Å²) in [5.41, 5.74) is 5.39. The molecule has 5 heteroatoms. The number of halogens is 2. The minimum absolute atomic E-state index is 0.0960. The van der Waals surface area contributed by atoms with Gasteiger partial charge in [0, 0.05) is 16.0 Å². The van der Waals surface area contributed by atoms with Crippen LogP contribution in [0.15, 0.2) is 66.9 Å². The Hall–Kier alpha value is -3.11. The summed E-state index contributed by atoms with van der Waals surface area (Å²) in [6, 6.07) is 18.9. The van der Waals surface area contributed by atoms with E-state index >= 15 is 0 Å². The Morgan fingerprint density at radius 1 is 1.03 bits per heavy atom. The number of fused-ring (bicyclic) bond motifs is 1. The van der Waals surface area contributed by atoms with Crippen LogP contribution in [0.1, 0.15) is 43.9 Å². The smallest absolute Gasteiger partial charge is 0.132 e. The molecule has 0 saturated carbocycles. The summed E-state index contributed by atoms with van der Waals surface area (Å²) < 4.78 is 20.7. The molecule has 31 heavy (non-hydrogen) atoms. The van der Waals surface area contributed by atoms with Gasteiger partial charge < -0.3 is 4.74 Å². The number of aromatic nitrogens is 2. The third-order valence-corrected chi connectivity index (χ3v) is 5.39. The molecule has 0 atom stereocenters. The van der Waals surface area contributed by atoms with Crippen LogP contribution in [0.25, 0.3) is 22.0 Å². The van der Waals surface area contributed by atoms with Gasteiger partial charge in [0.15, 0.2) is 0 Å². The van der Waals surface area contributed by atoms with E-state index in [2.05, 4.69) is 16.3 Å².